The van der Waals surface area contributed by atoms with Crippen LogP contribution >= 0.6 is 11.6 Å². The minimum atomic E-state index is -3.38. The molecule has 0 amide bonds. The first-order chi connectivity index (χ1) is 9.54. The fourth-order valence-corrected chi connectivity index (χ4v) is 4.05. The van der Waals surface area contributed by atoms with Crippen molar-refractivity contribution < 1.29 is 13.2 Å². The first kappa shape index (κ1) is 15.6. The van der Waals surface area contributed by atoms with Gasteiger partial charge in [-0.05, 0) is 43.0 Å². The Kier molecular flexibility index (Phi) is 5.29. The van der Waals surface area contributed by atoms with E-state index in [4.69, 9.17) is 16.3 Å². The fraction of sp³-hybridized carbons (Fsp3) is 0.571. The van der Waals surface area contributed by atoms with E-state index in [0.717, 1.165) is 12.8 Å². The summed E-state index contributed by atoms with van der Waals surface area (Å²) in [5, 5.41) is 0. The summed E-state index contributed by atoms with van der Waals surface area (Å²) in [6.07, 6.45) is 2.02. The van der Waals surface area contributed by atoms with Crippen LogP contribution in [0.1, 0.15) is 19.8 Å². The lowest BCUT2D eigenvalue weighted by atomic mass is 10.0. The molecule has 0 aromatic heterocycles. The standard InChI is InChI=1S/C14H20ClNO3S/c1-12-3-2-9-16(11-12)20(17,18)14-6-4-13(5-7-14)19-10-8-15/h4-7,12H,2-3,8-11H2,1H3. The highest BCUT2D eigenvalue weighted by molar-refractivity contribution is 7.89. The van der Waals surface area contributed by atoms with Gasteiger partial charge in [-0.2, -0.15) is 4.31 Å². The zero-order valence-electron chi connectivity index (χ0n) is 11.6. The second-order valence-corrected chi connectivity index (χ2v) is 7.44. The number of rotatable bonds is 5. The van der Waals surface area contributed by atoms with E-state index in [0.29, 0.717) is 42.1 Å². The molecule has 1 unspecified atom stereocenters. The molecular weight excluding hydrogens is 298 g/mol. The van der Waals surface area contributed by atoms with Crippen molar-refractivity contribution in [3.63, 3.8) is 0 Å². The molecular formula is C14H20ClNO3S. The number of nitrogens with zero attached hydrogens (tertiary/aromatic N) is 1. The van der Waals surface area contributed by atoms with Crippen LogP contribution in [0.5, 0.6) is 5.75 Å². The van der Waals surface area contributed by atoms with E-state index in [-0.39, 0.29) is 0 Å². The monoisotopic (exact) mass is 317 g/mol. The van der Waals surface area contributed by atoms with Crippen molar-refractivity contribution in [3.05, 3.63) is 24.3 Å². The highest BCUT2D eigenvalue weighted by Gasteiger charge is 2.28. The summed E-state index contributed by atoms with van der Waals surface area (Å²) >= 11 is 5.54. The number of piperidine rings is 1. The van der Waals surface area contributed by atoms with Gasteiger partial charge in [-0.15, -0.1) is 11.6 Å². The van der Waals surface area contributed by atoms with E-state index in [1.54, 1.807) is 28.6 Å². The zero-order valence-corrected chi connectivity index (χ0v) is 13.2. The number of ether oxygens (including phenoxy) is 1. The highest BCUT2D eigenvalue weighted by Crippen LogP contribution is 2.24. The second kappa shape index (κ2) is 6.78. The molecule has 0 bridgehead atoms. The molecule has 2 rings (SSSR count). The van der Waals surface area contributed by atoms with Gasteiger partial charge in [-0.3, -0.25) is 0 Å². The average molecular weight is 318 g/mol. The zero-order chi connectivity index (χ0) is 14.6. The Labute approximate surface area is 125 Å². The van der Waals surface area contributed by atoms with Crippen molar-refractivity contribution >= 4 is 21.6 Å². The fourth-order valence-electron chi connectivity index (χ4n) is 2.38. The Morgan fingerprint density at radius 1 is 1.35 bits per heavy atom. The third-order valence-electron chi connectivity index (χ3n) is 3.43. The SMILES string of the molecule is CC1CCCN(S(=O)(=O)c2ccc(OCCCl)cc2)C1. The summed E-state index contributed by atoms with van der Waals surface area (Å²) in [4.78, 5) is 0.324. The largest absolute Gasteiger partial charge is 0.492 e. The molecule has 0 aliphatic carbocycles. The van der Waals surface area contributed by atoms with Crippen LogP contribution in [0.4, 0.5) is 0 Å². The van der Waals surface area contributed by atoms with Crippen molar-refractivity contribution in [2.45, 2.75) is 24.7 Å². The summed E-state index contributed by atoms with van der Waals surface area (Å²) in [7, 11) is -3.38. The van der Waals surface area contributed by atoms with Crippen molar-refractivity contribution in [1.29, 1.82) is 0 Å². The highest BCUT2D eigenvalue weighted by atomic mass is 35.5. The Bertz CT molecular complexity index is 530. The summed E-state index contributed by atoms with van der Waals surface area (Å²) < 4.78 is 32.0. The molecule has 1 saturated heterocycles. The van der Waals surface area contributed by atoms with Gasteiger partial charge >= 0.3 is 0 Å². The maximum absolute atomic E-state index is 12.5. The third kappa shape index (κ3) is 3.65. The maximum atomic E-state index is 12.5. The molecule has 0 spiro atoms. The van der Waals surface area contributed by atoms with Crippen LogP contribution in [0.15, 0.2) is 29.2 Å². The van der Waals surface area contributed by atoms with E-state index < -0.39 is 10.0 Å². The van der Waals surface area contributed by atoms with Gasteiger partial charge < -0.3 is 4.74 Å². The lowest BCUT2D eigenvalue weighted by Gasteiger charge is -2.30. The van der Waals surface area contributed by atoms with Crippen molar-refractivity contribution in [1.82, 2.24) is 4.31 Å². The van der Waals surface area contributed by atoms with E-state index in [1.165, 1.54) is 0 Å². The lowest BCUT2D eigenvalue weighted by Crippen LogP contribution is -2.39. The van der Waals surface area contributed by atoms with E-state index in [1.807, 2.05) is 0 Å². The van der Waals surface area contributed by atoms with Gasteiger partial charge in [0, 0.05) is 13.1 Å². The first-order valence-corrected chi connectivity index (χ1v) is 8.80. The molecule has 1 fully saturated rings. The van der Waals surface area contributed by atoms with E-state index in [2.05, 4.69) is 6.92 Å². The molecule has 112 valence electrons. The Morgan fingerprint density at radius 2 is 2.05 bits per heavy atom. The molecule has 1 aromatic carbocycles. The molecule has 1 heterocycles. The van der Waals surface area contributed by atoms with Crippen molar-refractivity contribution in [2.24, 2.45) is 5.92 Å². The summed E-state index contributed by atoms with van der Waals surface area (Å²) in [6, 6.07) is 6.54. The van der Waals surface area contributed by atoms with Crippen molar-refractivity contribution in [3.8, 4) is 5.75 Å². The number of hydrogen-bond acceptors (Lipinski definition) is 3. The van der Waals surface area contributed by atoms with E-state index in [9.17, 15) is 8.42 Å². The molecule has 1 aliphatic heterocycles. The molecule has 0 N–H and O–H groups in total. The average Bonchev–Trinajstić information content (AvgIpc) is 2.45. The topological polar surface area (TPSA) is 46.6 Å². The van der Waals surface area contributed by atoms with Crippen LogP contribution in [0, 0.1) is 5.92 Å². The summed E-state index contributed by atoms with van der Waals surface area (Å²) in [5.74, 6) is 1.47. The van der Waals surface area contributed by atoms with Crippen LogP contribution in [0.3, 0.4) is 0 Å². The Morgan fingerprint density at radius 3 is 2.65 bits per heavy atom. The minimum absolute atomic E-state index is 0.324. The predicted octanol–water partition coefficient (Wildman–Crippen LogP) is 2.72. The van der Waals surface area contributed by atoms with Crippen LogP contribution in [0.25, 0.3) is 0 Å². The number of benzene rings is 1. The minimum Gasteiger partial charge on any atom is -0.492 e. The molecule has 0 radical (unpaired) electrons. The predicted molar refractivity (Wildman–Crippen MR) is 79.8 cm³/mol. The molecule has 0 saturated carbocycles. The number of hydrogen-bond donors (Lipinski definition) is 0. The molecule has 4 nitrogen and oxygen atoms in total. The van der Waals surface area contributed by atoms with Gasteiger partial charge in [-0.25, -0.2) is 8.42 Å². The molecule has 1 aromatic rings. The van der Waals surface area contributed by atoms with Crippen LogP contribution in [0.2, 0.25) is 0 Å². The van der Waals surface area contributed by atoms with Crippen LogP contribution < -0.4 is 4.74 Å². The Balaban J connectivity index is 2.12. The molecule has 20 heavy (non-hydrogen) atoms. The van der Waals surface area contributed by atoms with Crippen molar-refractivity contribution in [2.75, 3.05) is 25.6 Å². The van der Waals surface area contributed by atoms with Gasteiger partial charge in [0.1, 0.15) is 12.4 Å². The number of alkyl halides is 1. The third-order valence-corrected chi connectivity index (χ3v) is 5.46. The summed E-state index contributed by atoms with van der Waals surface area (Å²) in [5.41, 5.74) is 0. The lowest BCUT2D eigenvalue weighted by molar-refractivity contribution is 0.281. The Hall–Kier alpha value is -0.780. The smallest absolute Gasteiger partial charge is 0.243 e. The second-order valence-electron chi connectivity index (χ2n) is 5.12. The normalized spacial score (nSPS) is 20.8. The maximum Gasteiger partial charge on any atom is 0.243 e. The van der Waals surface area contributed by atoms with Gasteiger partial charge in [0.25, 0.3) is 0 Å². The molecule has 1 atom stereocenters. The summed E-state index contributed by atoms with van der Waals surface area (Å²) in [6.45, 7) is 3.71. The van der Waals surface area contributed by atoms with Gasteiger partial charge in [0.2, 0.25) is 10.0 Å². The number of halogens is 1. The van der Waals surface area contributed by atoms with Gasteiger partial charge in [-0.1, -0.05) is 6.92 Å². The van der Waals surface area contributed by atoms with Crippen LogP contribution in [-0.2, 0) is 10.0 Å². The molecule has 6 heteroatoms. The number of sulfonamides is 1. The quantitative estimate of drug-likeness (QED) is 0.784. The van der Waals surface area contributed by atoms with Gasteiger partial charge in [0.05, 0.1) is 10.8 Å². The molecule has 1 aliphatic rings. The first-order valence-electron chi connectivity index (χ1n) is 6.83. The van der Waals surface area contributed by atoms with Gasteiger partial charge in [0.15, 0.2) is 0 Å². The van der Waals surface area contributed by atoms with E-state index >= 15 is 0 Å². The van der Waals surface area contributed by atoms with Crippen LogP contribution in [-0.4, -0.2) is 38.3 Å².